The number of hydrogen-bond acceptors (Lipinski definition) is 5. The van der Waals surface area contributed by atoms with Crippen LogP contribution >= 0.6 is 11.8 Å². The van der Waals surface area contributed by atoms with Crippen LogP contribution in [0.3, 0.4) is 0 Å². The summed E-state index contributed by atoms with van der Waals surface area (Å²) in [5.41, 5.74) is 3.54. The van der Waals surface area contributed by atoms with E-state index in [-0.39, 0.29) is 23.8 Å². The van der Waals surface area contributed by atoms with Gasteiger partial charge in [-0.15, -0.1) is 0 Å². The highest BCUT2D eigenvalue weighted by molar-refractivity contribution is 7.98. The van der Waals surface area contributed by atoms with Crippen LogP contribution in [0.2, 0.25) is 0 Å². The Morgan fingerprint density at radius 2 is 1.91 bits per heavy atom. The summed E-state index contributed by atoms with van der Waals surface area (Å²) >= 11 is 1.49. The third-order valence-electron chi connectivity index (χ3n) is 5.67. The normalized spacial score (nSPS) is 15.2. The van der Waals surface area contributed by atoms with Gasteiger partial charge >= 0.3 is 0 Å². The molecule has 0 saturated heterocycles. The van der Waals surface area contributed by atoms with Crippen LogP contribution in [0.5, 0.6) is 5.75 Å². The zero-order valence-corrected chi connectivity index (χ0v) is 19.4. The van der Waals surface area contributed by atoms with Crippen molar-refractivity contribution in [1.29, 1.82) is 0 Å². The van der Waals surface area contributed by atoms with E-state index in [0.717, 1.165) is 17.7 Å². The zero-order chi connectivity index (χ0) is 22.7. The molecule has 2 aromatic carbocycles. The fourth-order valence-electron chi connectivity index (χ4n) is 3.88. The molecular weight excluding hydrogens is 422 g/mol. The van der Waals surface area contributed by atoms with E-state index in [1.807, 2.05) is 48.0 Å². The molecule has 1 atom stereocenters. The summed E-state index contributed by atoms with van der Waals surface area (Å²) in [4.78, 5) is 30.0. The van der Waals surface area contributed by atoms with Crippen LogP contribution < -0.4 is 15.6 Å². The summed E-state index contributed by atoms with van der Waals surface area (Å²) in [6.07, 6.45) is 1.15. The number of rotatable bonds is 7. The number of carbonyl (C=O) groups excluding carboxylic acids is 1. The number of carbonyl (C=O) groups is 1. The van der Waals surface area contributed by atoms with E-state index in [2.05, 4.69) is 36.3 Å². The third kappa shape index (κ3) is 4.58. The minimum Gasteiger partial charge on any atom is -0.494 e. The Morgan fingerprint density at radius 3 is 2.62 bits per heavy atom. The highest BCUT2D eigenvalue weighted by atomic mass is 32.2. The van der Waals surface area contributed by atoms with Gasteiger partial charge in [0, 0.05) is 25.1 Å². The summed E-state index contributed by atoms with van der Waals surface area (Å²) in [6, 6.07) is 15.8. The Bertz CT molecular complexity index is 1190. The molecule has 0 radical (unpaired) electrons. The maximum absolute atomic E-state index is 13.1. The van der Waals surface area contributed by atoms with Crippen LogP contribution in [-0.2, 0) is 17.6 Å². The van der Waals surface area contributed by atoms with Crippen molar-refractivity contribution in [1.82, 2.24) is 9.55 Å². The van der Waals surface area contributed by atoms with E-state index >= 15 is 0 Å². The smallest absolute Gasteiger partial charge is 0.279 e. The molecule has 1 aromatic heterocycles. The van der Waals surface area contributed by atoms with E-state index in [1.165, 1.54) is 22.9 Å². The number of aryl methyl sites for hydroxylation is 1. The first kappa shape index (κ1) is 22.1. The van der Waals surface area contributed by atoms with Crippen molar-refractivity contribution in [3.63, 3.8) is 0 Å². The summed E-state index contributed by atoms with van der Waals surface area (Å²) in [5, 5.41) is 3.49. The number of hydrogen-bond donors (Lipinski definition) is 1. The van der Waals surface area contributed by atoms with E-state index in [0.29, 0.717) is 28.9 Å². The molecule has 0 aliphatic carbocycles. The van der Waals surface area contributed by atoms with Crippen LogP contribution in [0.25, 0.3) is 0 Å². The molecular formula is C25H27N3O3S. The maximum Gasteiger partial charge on any atom is 0.279 e. The second kappa shape index (κ2) is 9.61. The summed E-state index contributed by atoms with van der Waals surface area (Å²) in [6.45, 7) is 4.78. The highest BCUT2D eigenvalue weighted by Gasteiger charge is 2.32. The number of ether oxygens (including phenoxy) is 1. The van der Waals surface area contributed by atoms with Gasteiger partial charge in [-0.05, 0) is 42.2 Å². The van der Waals surface area contributed by atoms with Crippen molar-refractivity contribution in [3.05, 3.63) is 81.1 Å². The molecule has 0 fully saturated rings. The molecule has 6 nitrogen and oxygen atoms in total. The van der Waals surface area contributed by atoms with Gasteiger partial charge in [-0.3, -0.25) is 9.59 Å². The van der Waals surface area contributed by atoms with Crippen molar-refractivity contribution < 1.29 is 9.53 Å². The number of aromatic nitrogens is 2. The number of amides is 1. The second-order valence-electron chi connectivity index (χ2n) is 7.96. The maximum atomic E-state index is 13.1. The van der Waals surface area contributed by atoms with Crippen LogP contribution in [-0.4, -0.2) is 22.1 Å². The third-order valence-corrected chi connectivity index (χ3v) is 6.75. The number of thioether (sulfide) groups is 1. The quantitative estimate of drug-likeness (QED) is 0.420. The molecule has 1 aliphatic heterocycles. The van der Waals surface area contributed by atoms with Gasteiger partial charge in [-0.2, -0.15) is 4.98 Å². The molecule has 0 unspecified atom stereocenters. The fourth-order valence-corrected chi connectivity index (χ4v) is 4.92. The Balaban J connectivity index is 1.65. The SMILES string of the molecule is CCCOc1ccc([C@@H]2CC(=O)Nc3c2c(=O)nc(SCc2ccccc2C)n3C)cc1. The number of anilines is 1. The Kier molecular flexibility index (Phi) is 6.65. The summed E-state index contributed by atoms with van der Waals surface area (Å²) in [5.74, 6) is 1.57. The Hall–Kier alpha value is -3.06. The number of benzene rings is 2. The number of nitrogens with one attached hydrogen (secondary N) is 1. The van der Waals surface area contributed by atoms with Gasteiger partial charge in [-0.25, -0.2) is 0 Å². The predicted octanol–water partition coefficient (Wildman–Crippen LogP) is 4.64. The molecule has 166 valence electrons. The molecule has 7 heteroatoms. The Labute approximate surface area is 192 Å². The van der Waals surface area contributed by atoms with Crippen molar-refractivity contribution in [2.24, 2.45) is 7.05 Å². The van der Waals surface area contributed by atoms with Gasteiger partial charge in [0.2, 0.25) is 5.91 Å². The van der Waals surface area contributed by atoms with Crippen molar-refractivity contribution in [3.8, 4) is 5.75 Å². The van der Waals surface area contributed by atoms with Crippen LogP contribution in [0.15, 0.2) is 58.5 Å². The average molecular weight is 450 g/mol. The lowest BCUT2D eigenvalue weighted by Gasteiger charge is -2.27. The van der Waals surface area contributed by atoms with Gasteiger partial charge < -0.3 is 14.6 Å². The second-order valence-corrected chi connectivity index (χ2v) is 8.90. The van der Waals surface area contributed by atoms with Gasteiger partial charge in [-0.1, -0.05) is 55.1 Å². The van der Waals surface area contributed by atoms with Gasteiger partial charge in [0.15, 0.2) is 5.16 Å². The monoisotopic (exact) mass is 449 g/mol. The van der Waals surface area contributed by atoms with E-state index in [4.69, 9.17) is 4.74 Å². The first-order chi connectivity index (χ1) is 15.5. The van der Waals surface area contributed by atoms with Crippen LogP contribution in [0, 0.1) is 6.92 Å². The average Bonchev–Trinajstić information content (AvgIpc) is 2.79. The molecule has 32 heavy (non-hydrogen) atoms. The molecule has 4 rings (SSSR count). The van der Waals surface area contributed by atoms with Crippen LogP contribution in [0.4, 0.5) is 5.82 Å². The van der Waals surface area contributed by atoms with E-state index < -0.39 is 0 Å². The largest absolute Gasteiger partial charge is 0.494 e. The standard InChI is InChI=1S/C25H27N3O3S/c1-4-13-31-19-11-9-17(10-12-19)20-14-21(29)26-23-22(20)24(30)27-25(28(23)3)32-15-18-8-6-5-7-16(18)2/h5-12,20H,4,13-15H2,1-3H3,(H,26,29)/t20-/m0/s1. The minimum atomic E-state index is -0.333. The number of nitrogens with zero attached hydrogens (tertiary/aromatic N) is 2. The first-order valence-electron chi connectivity index (χ1n) is 10.8. The Morgan fingerprint density at radius 1 is 1.16 bits per heavy atom. The summed E-state index contributed by atoms with van der Waals surface area (Å²) in [7, 11) is 1.84. The molecule has 1 aliphatic rings. The lowest BCUT2D eigenvalue weighted by atomic mass is 9.87. The predicted molar refractivity (Wildman–Crippen MR) is 128 cm³/mol. The van der Waals surface area contributed by atoms with Gasteiger partial charge in [0.1, 0.15) is 11.6 Å². The van der Waals surface area contributed by atoms with Gasteiger partial charge in [0.05, 0.1) is 12.2 Å². The lowest BCUT2D eigenvalue weighted by Crippen LogP contribution is -2.33. The van der Waals surface area contributed by atoms with Crippen molar-refractivity contribution >= 4 is 23.5 Å². The molecule has 3 aromatic rings. The molecule has 0 spiro atoms. The minimum absolute atomic E-state index is 0.107. The molecule has 1 amide bonds. The van der Waals surface area contributed by atoms with Crippen LogP contribution in [0.1, 0.15) is 47.9 Å². The highest BCUT2D eigenvalue weighted by Crippen LogP contribution is 2.36. The molecule has 0 bridgehead atoms. The van der Waals surface area contributed by atoms with Crippen molar-refractivity contribution in [2.45, 2.75) is 43.5 Å². The zero-order valence-electron chi connectivity index (χ0n) is 18.6. The molecule has 0 saturated carbocycles. The van der Waals surface area contributed by atoms with Crippen molar-refractivity contribution in [2.75, 3.05) is 11.9 Å². The topological polar surface area (TPSA) is 73.2 Å². The number of fused-ring (bicyclic) bond motifs is 1. The van der Waals surface area contributed by atoms with Gasteiger partial charge in [0.25, 0.3) is 5.56 Å². The lowest BCUT2D eigenvalue weighted by molar-refractivity contribution is -0.116. The van der Waals surface area contributed by atoms with E-state index in [9.17, 15) is 9.59 Å². The first-order valence-corrected chi connectivity index (χ1v) is 11.8. The fraction of sp³-hybridized carbons (Fsp3) is 0.320. The van der Waals surface area contributed by atoms with E-state index in [1.54, 1.807) is 0 Å². The molecule has 2 heterocycles. The molecule has 1 N–H and O–H groups in total. The summed E-state index contributed by atoms with van der Waals surface area (Å²) < 4.78 is 7.48.